The van der Waals surface area contributed by atoms with E-state index in [1.807, 2.05) is 0 Å². The number of hydrogen-bond donors (Lipinski definition) is 1. The first-order valence-electron chi connectivity index (χ1n) is 6.97. The highest BCUT2D eigenvalue weighted by molar-refractivity contribution is 6.30. The van der Waals surface area contributed by atoms with E-state index in [1.165, 1.54) is 6.07 Å². The molecular weight excluding hydrogens is 279 g/mol. The number of rotatable bonds is 4. The summed E-state index contributed by atoms with van der Waals surface area (Å²) in [6.45, 7) is 2.98. The van der Waals surface area contributed by atoms with E-state index in [2.05, 4.69) is 23.9 Å². The van der Waals surface area contributed by atoms with Gasteiger partial charge in [0.05, 0.1) is 11.1 Å². The molecule has 0 aromatic heterocycles. The molecule has 0 aliphatic carbocycles. The van der Waals surface area contributed by atoms with E-state index in [0.29, 0.717) is 24.4 Å². The summed E-state index contributed by atoms with van der Waals surface area (Å²) in [7, 11) is 4.16. The van der Waals surface area contributed by atoms with Crippen molar-refractivity contribution in [3.8, 4) is 0 Å². The Hall–Kier alpha value is -0.680. The van der Waals surface area contributed by atoms with Gasteiger partial charge in [-0.3, -0.25) is 0 Å². The normalized spacial score (nSPS) is 22.9. The van der Waals surface area contributed by atoms with E-state index in [1.54, 1.807) is 12.1 Å². The number of benzene rings is 1. The molecule has 1 N–H and O–H groups in total. The summed E-state index contributed by atoms with van der Waals surface area (Å²) in [5.41, 5.74) is 0.483. The smallest absolute Gasteiger partial charge is 0.145 e. The predicted octanol–water partition coefficient (Wildman–Crippen LogP) is 2.02. The van der Waals surface area contributed by atoms with Gasteiger partial charge in [-0.25, -0.2) is 4.39 Å². The van der Waals surface area contributed by atoms with Crippen LogP contribution in [0.25, 0.3) is 0 Å². The Morgan fingerprint density at radius 2 is 2.15 bits per heavy atom. The second kappa shape index (κ2) is 6.85. The zero-order chi connectivity index (χ0) is 14.7. The summed E-state index contributed by atoms with van der Waals surface area (Å²) in [5.74, 6) is -0.415. The molecule has 0 radical (unpaired) electrons. The van der Waals surface area contributed by atoms with E-state index >= 15 is 0 Å². The van der Waals surface area contributed by atoms with Crippen molar-refractivity contribution in [1.82, 2.24) is 9.80 Å². The maximum atomic E-state index is 13.8. The van der Waals surface area contributed by atoms with Crippen molar-refractivity contribution in [2.75, 3.05) is 33.7 Å². The Morgan fingerprint density at radius 3 is 2.90 bits per heavy atom. The van der Waals surface area contributed by atoms with Crippen molar-refractivity contribution in [2.24, 2.45) is 0 Å². The molecule has 1 aliphatic heterocycles. The van der Waals surface area contributed by atoms with Crippen LogP contribution in [-0.2, 0) is 6.42 Å². The third-order valence-electron chi connectivity index (χ3n) is 4.01. The number of hydrogen-bond acceptors (Lipinski definition) is 3. The standard InChI is InChI=1S/C15H22ClFN2O/c1-18-6-7-19(2)12(10-18)9-13(20)8-11-4-3-5-14(16)15(11)17/h3-5,12-13,20H,6-10H2,1-2H3. The van der Waals surface area contributed by atoms with Crippen molar-refractivity contribution in [3.05, 3.63) is 34.6 Å². The highest BCUT2D eigenvalue weighted by Gasteiger charge is 2.25. The first-order valence-corrected chi connectivity index (χ1v) is 7.35. The van der Waals surface area contributed by atoms with Crippen LogP contribution in [-0.4, -0.2) is 60.8 Å². The van der Waals surface area contributed by atoms with E-state index in [9.17, 15) is 9.50 Å². The first kappa shape index (κ1) is 15.7. The molecule has 2 rings (SSSR count). The fourth-order valence-corrected chi connectivity index (χ4v) is 2.91. The maximum Gasteiger partial charge on any atom is 0.145 e. The van der Waals surface area contributed by atoms with Crippen molar-refractivity contribution < 1.29 is 9.50 Å². The number of aliphatic hydroxyl groups is 1. The van der Waals surface area contributed by atoms with Gasteiger partial charge in [-0.15, -0.1) is 0 Å². The van der Waals surface area contributed by atoms with Gasteiger partial charge < -0.3 is 14.9 Å². The molecule has 1 fully saturated rings. The Labute approximate surface area is 124 Å². The molecule has 20 heavy (non-hydrogen) atoms. The van der Waals surface area contributed by atoms with Crippen LogP contribution in [0.3, 0.4) is 0 Å². The van der Waals surface area contributed by atoms with Gasteiger partial charge in [0.1, 0.15) is 5.82 Å². The van der Waals surface area contributed by atoms with Crippen LogP contribution in [0.5, 0.6) is 0 Å². The Bertz CT molecular complexity index is 457. The molecular formula is C15H22ClFN2O. The average Bonchev–Trinajstić information content (AvgIpc) is 2.39. The predicted molar refractivity (Wildman–Crippen MR) is 79.7 cm³/mol. The molecule has 2 atom stereocenters. The van der Waals surface area contributed by atoms with Crippen molar-refractivity contribution in [2.45, 2.75) is 25.0 Å². The van der Waals surface area contributed by atoms with Gasteiger partial charge in [0.15, 0.2) is 0 Å². The van der Waals surface area contributed by atoms with Crippen LogP contribution in [0.2, 0.25) is 5.02 Å². The summed E-state index contributed by atoms with van der Waals surface area (Å²) in [4.78, 5) is 4.52. The van der Waals surface area contributed by atoms with Gasteiger partial charge in [-0.2, -0.15) is 0 Å². The maximum absolute atomic E-state index is 13.8. The first-order chi connectivity index (χ1) is 9.47. The van der Waals surface area contributed by atoms with Crippen LogP contribution in [0.15, 0.2) is 18.2 Å². The molecule has 1 heterocycles. The number of nitrogens with zero attached hydrogens (tertiary/aromatic N) is 2. The van der Waals surface area contributed by atoms with Crippen LogP contribution < -0.4 is 0 Å². The number of likely N-dealkylation sites (N-methyl/N-ethyl adjacent to an activating group) is 2. The Balaban J connectivity index is 1.94. The molecule has 3 nitrogen and oxygen atoms in total. The molecule has 0 bridgehead atoms. The summed E-state index contributed by atoms with van der Waals surface area (Å²) in [6.07, 6.45) is 0.398. The lowest BCUT2D eigenvalue weighted by molar-refractivity contribution is 0.0636. The van der Waals surface area contributed by atoms with Crippen LogP contribution in [0.1, 0.15) is 12.0 Å². The van der Waals surface area contributed by atoms with E-state index in [0.717, 1.165) is 19.6 Å². The molecule has 0 spiro atoms. The average molecular weight is 301 g/mol. The van der Waals surface area contributed by atoms with E-state index in [4.69, 9.17) is 11.6 Å². The summed E-state index contributed by atoms with van der Waals surface area (Å²) < 4.78 is 13.8. The van der Waals surface area contributed by atoms with Crippen LogP contribution in [0, 0.1) is 5.82 Å². The van der Waals surface area contributed by atoms with Gasteiger partial charge in [-0.1, -0.05) is 23.7 Å². The van der Waals surface area contributed by atoms with Gasteiger partial charge in [0.25, 0.3) is 0 Å². The second-order valence-corrected chi connectivity index (χ2v) is 6.11. The summed E-state index contributed by atoms with van der Waals surface area (Å²) >= 11 is 5.76. The van der Waals surface area contributed by atoms with Gasteiger partial charge in [0.2, 0.25) is 0 Å². The minimum absolute atomic E-state index is 0.115. The molecule has 5 heteroatoms. The minimum Gasteiger partial charge on any atom is -0.393 e. The second-order valence-electron chi connectivity index (χ2n) is 5.70. The fourth-order valence-electron chi connectivity index (χ4n) is 2.71. The quantitative estimate of drug-likeness (QED) is 0.921. The lowest BCUT2D eigenvalue weighted by Crippen LogP contribution is -2.51. The number of aliphatic hydroxyl groups excluding tert-OH is 1. The Kier molecular flexibility index (Phi) is 5.38. The van der Waals surface area contributed by atoms with Crippen LogP contribution in [0.4, 0.5) is 4.39 Å². The largest absolute Gasteiger partial charge is 0.393 e. The van der Waals surface area contributed by atoms with Gasteiger partial charge >= 0.3 is 0 Å². The van der Waals surface area contributed by atoms with Crippen molar-refractivity contribution >= 4 is 11.6 Å². The highest BCUT2D eigenvalue weighted by atomic mass is 35.5. The highest BCUT2D eigenvalue weighted by Crippen LogP contribution is 2.21. The van der Waals surface area contributed by atoms with Crippen molar-refractivity contribution in [3.63, 3.8) is 0 Å². The van der Waals surface area contributed by atoms with Gasteiger partial charge in [-0.05, 0) is 32.1 Å². The lowest BCUT2D eigenvalue weighted by Gasteiger charge is -2.38. The molecule has 1 saturated heterocycles. The van der Waals surface area contributed by atoms with Gasteiger partial charge in [0, 0.05) is 32.1 Å². The summed E-state index contributed by atoms with van der Waals surface area (Å²) in [5, 5.41) is 10.3. The van der Waals surface area contributed by atoms with Crippen LogP contribution >= 0.6 is 11.6 Å². The topological polar surface area (TPSA) is 26.7 Å². The zero-order valence-corrected chi connectivity index (χ0v) is 12.8. The minimum atomic E-state index is -0.554. The monoisotopic (exact) mass is 300 g/mol. The fraction of sp³-hybridized carbons (Fsp3) is 0.600. The molecule has 0 amide bonds. The van der Waals surface area contributed by atoms with E-state index < -0.39 is 11.9 Å². The number of halogens is 2. The third kappa shape index (κ3) is 3.92. The third-order valence-corrected chi connectivity index (χ3v) is 4.30. The molecule has 112 valence electrons. The molecule has 1 aromatic carbocycles. The molecule has 0 saturated carbocycles. The number of piperazine rings is 1. The molecule has 1 aromatic rings. The van der Waals surface area contributed by atoms with Crippen molar-refractivity contribution in [1.29, 1.82) is 0 Å². The zero-order valence-electron chi connectivity index (χ0n) is 12.0. The molecule has 1 aliphatic rings. The molecule has 2 unspecified atom stereocenters. The SMILES string of the molecule is CN1CCN(C)C(CC(O)Cc2cccc(Cl)c2F)C1. The lowest BCUT2D eigenvalue weighted by atomic mass is 9.99. The summed E-state index contributed by atoms with van der Waals surface area (Å²) in [6, 6.07) is 5.23. The van der Waals surface area contributed by atoms with E-state index in [-0.39, 0.29) is 5.02 Å². The Morgan fingerprint density at radius 1 is 1.40 bits per heavy atom.